The lowest BCUT2D eigenvalue weighted by atomic mass is 9.60. The third-order valence-electron chi connectivity index (χ3n) is 6.63. The van der Waals surface area contributed by atoms with E-state index in [4.69, 9.17) is 21.6 Å². The Kier molecular flexibility index (Phi) is 6.28. The lowest BCUT2D eigenvalue weighted by molar-refractivity contribution is -0.129. The minimum atomic E-state index is -0.825. The third-order valence-corrected chi connectivity index (χ3v) is 6.93. The van der Waals surface area contributed by atoms with E-state index in [0.717, 1.165) is 6.07 Å². The molecule has 5 rings (SSSR count). The molecular formula is C24H23ClFN3O4. The summed E-state index contributed by atoms with van der Waals surface area (Å²) in [6.07, 6.45) is 1.70. The summed E-state index contributed by atoms with van der Waals surface area (Å²) in [5.41, 5.74) is -0.450. The van der Waals surface area contributed by atoms with Crippen molar-refractivity contribution in [1.82, 2.24) is 10.6 Å². The number of amides is 2. The van der Waals surface area contributed by atoms with Gasteiger partial charge in [-0.3, -0.25) is 9.59 Å². The molecule has 2 aromatic carbocycles. The molecule has 3 aliphatic rings. The van der Waals surface area contributed by atoms with Crippen molar-refractivity contribution in [2.45, 2.75) is 49.3 Å². The van der Waals surface area contributed by atoms with Crippen LogP contribution < -0.4 is 15.4 Å². The Hall–Kier alpha value is -3.15. The summed E-state index contributed by atoms with van der Waals surface area (Å²) in [4.78, 5) is 25.2. The standard InChI is InChI=1S/C24H23ClFN3O4/c25-18-6-5-17(11-19(18)26)33-14-21(31)28-23-7-9-24(10-8-23,20(30)12-23)29-22(32)16-3-1-15(13-27)2-4-16/h1-6,11,20,30H,7-10,12,14H2,(H,28,31)(H,29,32)/t20-,23?,24?/m0/s1. The molecule has 0 unspecified atom stereocenters. The molecule has 7 nitrogen and oxygen atoms in total. The van der Waals surface area contributed by atoms with Crippen LogP contribution in [0.3, 0.4) is 0 Å². The van der Waals surface area contributed by atoms with Gasteiger partial charge in [0.1, 0.15) is 11.6 Å². The first-order valence-corrected chi connectivity index (χ1v) is 11.0. The molecule has 9 heteroatoms. The highest BCUT2D eigenvalue weighted by Crippen LogP contribution is 2.47. The minimum Gasteiger partial charge on any atom is -0.484 e. The zero-order valence-corrected chi connectivity index (χ0v) is 18.5. The summed E-state index contributed by atoms with van der Waals surface area (Å²) in [5, 5.41) is 25.7. The number of halogens is 2. The van der Waals surface area contributed by atoms with Crippen molar-refractivity contribution in [2.24, 2.45) is 0 Å². The van der Waals surface area contributed by atoms with Crippen LogP contribution in [0.25, 0.3) is 0 Å². The maximum Gasteiger partial charge on any atom is 0.258 e. The van der Waals surface area contributed by atoms with E-state index in [1.165, 1.54) is 12.1 Å². The van der Waals surface area contributed by atoms with Gasteiger partial charge in [0.15, 0.2) is 6.61 Å². The monoisotopic (exact) mass is 471 g/mol. The van der Waals surface area contributed by atoms with Gasteiger partial charge in [-0.1, -0.05) is 11.6 Å². The SMILES string of the molecule is N#Cc1ccc(C(=O)NC23CCC(NC(=O)COc4ccc(Cl)c(F)c4)(CC2)C[C@@H]3O)cc1. The van der Waals surface area contributed by atoms with E-state index < -0.39 is 23.0 Å². The second-order valence-corrected chi connectivity index (χ2v) is 9.12. The van der Waals surface area contributed by atoms with Gasteiger partial charge in [0.25, 0.3) is 11.8 Å². The highest BCUT2D eigenvalue weighted by molar-refractivity contribution is 6.30. The number of aliphatic hydroxyl groups excluding tert-OH is 1. The fraction of sp³-hybridized carbons (Fsp3) is 0.375. The van der Waals surface area contributed by atoms with Crippen LogP contribution in [0.4, 0.5) is 4.39 Å². The molecule has 3 aliphatic carbocycles. The van der Waals surface area contributed by atoms with Crippen molar-refractivity contribution in [1.29, 1.82) is 5.26 Å². The molecule has 0 aromatic heterocycles. The van der Waals surface area contributed by atoms with Crippen LogP contribution in [0.15, 0.2) is 42.5 Å². The second-order valence-electron chi connectivity index (χ2n) is 8.71. The van der Waals surface area contributed by atoms with Crippen LogP contribution in [0.1, 0.15) is 48.0 Å². The average Bonchev–Trinajstić information content (AvgIpc) is 2.81. The van der Waals surface area contributed by atoms with E-state index >= 15 is 0 Å². The molecule has 2 amide bonds. The summed E-state index contributed by atoms with van der Waals surface area (Å²) in [6, 6.07) is 12.3. The molecule has 3 N–H and O–H groups in total. The molecule has 1 atom stereocenters. The van der Waals surface area contributed by atoms with Crippen molar-refractivity contribution in [3.63, 3.8) is 0 Å². The van der Waals surface area contributed by atoms with Gasteiger partial charge < -0.3 is 20.5 Å². The van der Waals surface area contributed by atoms with E-state index in [9.17, 15) is 19.1 Å². The molecule has 2 aromatic rings. The van der Waals surface area contributed by atoms with Gasteiger partial charge in [-0.25, -0.2) is 4.39 Å². The molecule has 33 heavy (non-hydrogen) atoms. The van der Waals surface area contributed by atoms with Gasteiger partial charge >= 0.3 is 0 Å². The Morgan fingerprint density at radius 1 is 1.15 bits per heavy atom. The highest BCUT2D eigenvalue weighted by atomic mass is 35.5. The van der Waals surface area contributed by atoms with E-state index in [2.05, 4.69) is 10.6 Å². The average molecular weight is 472 g/mol. The third kappa shape index (κ3) is 4.80. The van der Waals surface area contributed by atoms with Crippen LogP contribution in [0, 0.1) is 17.1 Å². The smallest absolute Gasteiger partial charge is 0.258 e. The van der Waals surface area contributed by atoms with Gasteiger partial charge in [0, 0.05) is 17.2 Å². The number of aliphatic hydroxyl groups is 1. The summed E-state index contributed by atoms with van der Waals surface area (Å²) in [7, 11) is 0. The number of fused-ring (bicyclic) bond motifs is 3. The van der Waals surface area contributed by atoms with Crippen LogP contribution in [0.5, 0.6) is 5.75 Å². The normalized spacial score (nSPS) is 25.7. The topological polar surface area (TPSA) is 111 Å². The molecular weight excluding hydrogens is 449 g/mol. The molecule has 0 saturated heterocycles. The van der Waals surface area contributed by atoms with E-state index in [1.807, 2.05) is 6.07 Å². The molecule has 3 saturated carbocycles. The summed E-state index contributed by atoms with van der Waals surface area (Å²) in [5.74, 6) is -1.11. The Morgan fingerprint density at radius 2 is 1.85 bits per heavy atom. The number of hydrogen-bond acceptors (Lipinski definition) is 5. The van der Waals surface area contributed by atoms with E-state index in [-0.39, 0.29) is 29.2 Å². The first-order valence-electron chi connectivity index (χ1n) is 10.6. The minimum absolute atomic E-state index is 0.0288. The zero-order chi connectivity index (χ0) is 23.6. The second kappa shape index (κ2) is 9.00. The van der Waals surface area contributed by atoms with Crippen molar-refractivity contribution < 1.29 is 23.8 Å². The van der Waals surface area contributed by atoms with Crippen molar-refractivity contribution in [3.05, 3.63) is 64.4 Å². The maximum atomic E-state index is 13.5. The number of nitriles is 1. The van der Waals surface area contributed by atoms with Crippen LogP contribution >= 0.6 is 11.6 Å². The Morgan fingerprint density at radius 3 is 2.45 bits per heavy atom. The predicted octanol–water partition coefficient (Wildman–Crippen LogP) is 3.09. The van der Waals surface area contributed by atoms with E-state index in [0.29, 0.717) is 43.2 Å². The number of rotatable bonds is 6. The van der Waals surface area contributed by atoms with Gasteiger partial charge in [0.05, 0.1) is 28.3 Å². The number of nitrogens with one attached hydrogen (secondary N) is 2. The van der Waals surface area contributed by atoms with Gasteiger partial charge in [0.2, 0.25) is 0 Å². The van der Waals surface area contributed by atoms with Crippen LogP contribution in [0.2, 0.25) is 5.02 Å². The molecule has 2 bridgehead atoms. The number of ether oxygens (including phenoxy) is 1. The lowest BCUT2D eigenvalue weighted by Crippen LogP contribution is -2.70. The molecule has 3 fully saturated rings. The Labute approximate surface area is 195 Å². The Bertz CT molecular complexity index is 1110. The van der Waals surface area contributed by atoms with Crippen molar-refractivity contribution in [2.75, 3.05) is 6.61 Å². The fourth-order valence-electron chi connectivity index (χ4n) is 4.70. The molecule has 0 aliphatic heterocycles. The molecule has 172 valence electrons. The first kappa shape index (κ1) is 23.0. The largest absolute Gasteiger partial charge is 0.484 e. The van der Waals surface area contributed by atoms with Crippen molar-refractivity contribution in [3.8, 4) is 11.8 Å². The zero-order valence-electron chi connectivity index (χ0n) is 17.7. The highest BCUT2D eigenvalue weighted by Gasteiger charge is 2.55. The van der Waals surface area contributed by atoms with Crippen molar-refractivity contribution >= 4 is 23.4 Å². The summed E-state index contributed by atoms with van der Waals surface area (Å²) in [6.45, 7) is -0.292. The fourth-order valence-corrected chi connectivity index (χ4v) is 4.82. The maximum absolute atomic E-state index is 13.5. The Balaban J connectivity index is 1.34. The summed E-state index contributed by atoms with van der Waals surface area (Å²) < 4.78 is 18.9. The van der Waals surface area contributed by atoms with Gasteiger partial charge in [-0.05, 0) is 68.5 Å². The van der Waals surface area contributed by atoms with Crippen LogP contribution in [-0.2, 0) is 4.79 Å². The number of hydrogen-bond donors (Lipinski definition) is 3. The summed E-state index contributed by atoms with van der Waals surface area (Å²) >= 11 is 5.65. The molecule has 0 heterocycles. The number of carbonyl (C=O) groups excluding carboxylic acids is 2. The molecule has 0 radical (unpaired) electrons. The number of benzene rings is 2. The number of nitrogens with zero attached hydrogens (tertiary/aromatic N) is 1. The van der Waals surface area contributed by atoms with Gasteiger partial charge in [-0.15, -0.1) is 0 Å². The first-order chi connectivity index (χ1) is 15.7. The number of carbonyl (C=O) groups is 2. The quantitative estimate of drug-likeness (QED) is 0.599. The van der Waals surface area contributed by atoms with Crippen LogP contribution in [-0.4, -0.2) is 40.7 Å². The van der Waals surface area contributed by atoms with E-state index in [1.54, 1.807) is 24.3 Å². The lowest BCUT2D eigenvalue weighted by Gasteiger charge is -2.56. The predicted molar refractivity (Wildman–Crippen MR) is 118 cm³/mol. The van der Waals surface area contributed by atoms with Gasteiger partial charge in [-0.2, -0.15) is 5.26 Å². The molecule has 0 spiro atoms.